The molecule has 3 N–H and O–H groups in total. The quantitative estimate of drug-likeness (QED) is 0.628. The van der Waals surface area contributed by atoms with E-state index in [9.17, 15) is 0 Å². The topological polar surface area (TPSA) is 50.9 Å². The smallest absolute Gasteiger partial charge is 0.143 e. The summed E-state index contributed by atoms with van der Waals surface area (Å²) in [7, 11) is 0. The maximum absolute atomic E-state index is 5.55. The SMILES string of the molecule is CCCc1cc2c(C)ccc(C)c2nc1NN. The van der Waals surface area contributed by atoms with Crippen molar-refractivity contribution in [2.75, 3.05) is 5.43 Å². The molecule has 3 heteroatoms. The highest BCUT2D eigenvalue weighted by Crippen LogP contribution is 2.26. The van der Waals surface area contributed by atoms with Crippen LogP contribution in [0.3, 0.4) is 0 Å². The number of aromatic nitrogens is 1. The summed E-state index contributed by atoms with van der Waals surface area (Å²) in [6, 6.07) is 6.46. The van der Waals surface area contributed by atoms with Gasteiger partial charge in [0.1, 0.15) is 5.82 Å². The van der Waals surface area contributed by atoms with Gasteiger partial charge in [0.25, 0.3) is 0 Å². The van der Waals surface area contributed by atoms with Gasteiger partial charge in [-0.15, -0.1) is 0 Å². The molecule has 0 unspecified atom stereocenters. The van der Waals surface area contributed by atoms with Gasteiger partial charge in [0.05, 0.1) is 5.52 Å². The number of hydrogen-bond donors (Lipinski definition) is 2. The van der Waals surface area contributed by atoms with E-state index in [1.54, 1.807) is 0 Å². The fraction of sp³-hybridized carbons (Fsp3) is 0.357. The van der Waals surface area contributed by atoms with Crippen LogP contribution in [0.4, 0.5) is 5.82 Å². The third kappa shape index (κ3) is 2.11. The number of nitrogens with two attached hydrogens (primary N) is 1. The van der Waals surface area contributed by atoms with Crippen LogP contribution in [0.5, 0.6) is 0 Å². The van der Waals surface area contributed by atoms with Crippen LogP contribution in [-0.4, -0.2) is 4.98 Å². The molecule has 0 bridgehead atoms. The van der Waals surface area contributed by atoms with Crippen molar-refractivity contribution in [2.45, 2.75) is 33.6 Å². The Bertz CT molecular complexity index is 547. The second kappa shape index (κ2) is 4.72. The van der Waals surface area contributed by atoms with Gasteiger partial charge in [-0.25, -0.2) is 10.8 Å². The van der Waals surface area contributed by atoms with E-state index in [1.807, 2.05) is 0 Å². The van der Waals surface area contributed by atoms with Crippen LogP contribution < -0.4 is 11.3 Å². The van der Waals surface area contributed by atoms with Gasteiger partial charge in [-0.2, -0.15) is 0 Å². The predicted molar refractivity (Wildman–Crippen MR) is 73.0 cm³/mol. The van der Waals surface area contributed by atoms with Crippen molar-refractivity contribution >= 4 is 16.7 Å². The minimum atomic E-state index is 0.799. The number of anilines is 1. The van der Waals surface area contributed by atoms with Gasteiger partial charge in [0, 0.05) is 5.39 Å². The second-order valence-electron chi connectivity index (χ2n) is 4.49. The lowest BCUT2D eigenvalue weighted by Gasteiger charge is -2.12. The minimum absolute atomic E-state index is 0.799. The van der Waals surface area contributed by atoms with Crippen LogP contribution in [0.25, 0.3) is 10.9 Å². The summed E-state index contributed by atoms with van der Waals surface area (Å²) >= 11 is 0. The number of fused-ring (bicyclic) bond motifs is 1. The lowest BCUT2D eigenvalue weighted by atomic mass is 10.0. The number of hydrogen-bond acceptors (Lipinski definition) is 3. The molecule has 0 aliphatic heterocycles. The lowest BCUT2D eigenvalue weighted by Crippen LogP contribution is -2.11. The van der Waals surface area contributed by atoms with Gasteiger partial charge in [0.15, 0.2) is 0 Å². The summed E-state index contributed by atoms with van der Waals surface area (Å²) in [6.07, 6.45) is 2.09. The average Bonchev–Trinajstić information content (AvgIpc) is 2.34. The zero-order valence-electron chi connectivity index (χ0n) is 10.7. The van der Waals surface area contributed by atoms with Crippen molar-refractivity contribution in [3.63, 3.8) is 0 Å². The third-order valence-corrected chi connectivity index (χ3v) is 3.14. The highest BCUT2D eigenvalue weighted by atomic mass is 15.2. The minimum Gasteiger partial charge on any atom is -0.308 e. The van der Waals surface area contributed by atoms with E-state index in [0.717, 1.165) is 24.2 Å². The lowest BCUT2D eigenvalue weighted by molar-refractivity contribution is 0.916. The summed E-state index contributed by atoms with van der Waals surface area (Å²) in [5, 5.41) is 1.23. The molecule has 2 rings (SSSR count). The number of nitrogens with zero attached hydrogens (tertiary/aromatic N) is 1. The van der Waals surface area contributed by atoms with Gasteiger partial charge in [-0.1, -0.05) is 25.5 Å². The van der Waals surface area contributed by atoms with E-state index in [2.05, 4.69) is 49.4 Å². The molecule has 0 aliphatic rings. The van der Waals surface area contributed by atoms with Crippen LogP contribution in [0, 0.1) is 13.8 Å². The van der Waals surface area contributed by atoms with Gasteiger partial charge >= 0.3 is 0 Å². The Kier molecular flexibility index (Phi) is 3.29. The Morgan fingerprint density at radius 3 is 2.59 bits per heavy atom. The molecule has 3 nitrogen and oxygen atoms in total. The van der Waals surface area contributed by atoms with Crippen molar-refractivity contribution in [2.24, 2.45) is 5.84 Å². The number of benzene rings is 1. The molecule has 0 radical (unpaired) electrons. The second-order valence-corrected chi connectivity index (χ2v) is 4.49. The number of rotatable bonds is 3. The Labute approximate surface area is 102 Å². The fourth-order valence-electron chi connectivity index (χ4n) is 2.16. The van der Waals surface area contributed by atoms with Gasteiger partial charge in [-0.05, 0) is 43.0 Å². The molecule has 0 saturated heterocycles. The van der Waals surface area contributed by atoms with Crippen molar-refractivity contribution in [1.29, 1.82) is 0 Å². The molecule has 0 spiro atoms. The van der Waals surface area contributed by atoms with E-state index < -0.39 is 0 Å². The summed E-state index contributed by atoms with van der Waals surface area (Å²) in [6.45, 7) is 6.36. The molecule has 0 amide bonds. The maximum atomic E-state index is 5.55. The molecule has 1 heterocycles. The summed E-state index contributed by atoms with van der Waals surface area (Å²) in [5.41, 5.74) is 7.39. The van der Waals surface area contributed by atoms with Gasteiger partial charge < -0.3 is 5.43 Å². The maximum Gasteiger partial charge on any atom is 0.143 e. The Morgan fingerprint density at radius 1 is 1.24 bits per heavy atom. The molecule has 0 atom stereocenters. The van der Waals surface area contributed by atoms with Crippen LogP contribution in [-0.2, 0) is 6.42 Å². The largest absolute Gasteiger partial charge is 0.308 e. The normalized spacial score (nSPS) is 10.8. The predicted octanol–water partition coefficient (Wildman–Crippen LogP) is 3.09. The number of nitrogens with one attached hydrogen (secondary N) is 1. The Balaban J connectivity index is 2.73. The van der Waals surface area contributed by atoms with Gasteiger partial charge in [-0.3, -0.25) is 0 Å². The summed E-state index contributed by atoms with van der Waals surface area (Å²) in [5.74, 6) is 6.35. The van der Waals surface area contributed by atoms with Gasteiger partial charge in [0.2, 0.25) is 0 Å². The van der Waals surface area contributed by atoms with E-state index in [4.69, 9.17) is 5.84 Å². The first-order valence-electron chi connectivity index (χ1n) is 6.03. The fourth-order valence-corrected chi connectivity index (χ4v) is 2.16. The van der Waals surface area contributed by atoms with Crippen molar-refractivity contribution < 1.29 is 0 Å². The number of aryl methyl sites for hydroxylation is 3. The molecule has 0 fully saturated rings. The summed E-state index contributed by atoms with van der Waals surface area (Å²) in [4.78, 5) is 4.64. The Hall–Kier alpha value is -1.61. The molecule has 0 saturated carbocycles. The molecule has 17 heavy (non-hydrogen) atoms. The van der Waals surface area contributed by atoms with Crippen molar-refractivity contribution in [3.05, 3.63) is 34.9 Å². The zero-order chi connectivity index (χ0) is 12.4. The van der Waals surface area contributed by atoms with Crippen LogP contribution >= 0.6 is 0 Å². The zero-order valence-corrected chi connectivity index (χ0v) is 10.7. The van der Waals surface area contributed by atoms with Crippen molar-refractivity contribution in [1.82, 2.24) is 4.98 Å². The van der Waals surface area contributed by atoms with E-state index in [1.165, 1.54) is 22.1 Å². The highest BCUT2D eigenvalue weighted by molar-refractivity contribution is 5.87. The van der Waals surface area contributed by atoms with Crippen LogP contribution in [0.2, 0.25) is 0 Å². The van der Waals surface area contributed by atoms with E-state index in [-0.39, 0.29) is 0 Å². The molecule has 0 aliphatic carbocycles. The number of hydrazine groups is 1. The highest BCUT2D eigenvalue weighted by Gasteiger charge is 2.08. The number of nitrogen functional groups attached to an aromatic ring is 1. The first kappa shape index (κ1) is 11.9. The van der Waals surface area contributed by atoms with Crippen LogP contribution in [0.15, 0.2) is 18.2 Å². The molecular weight excluding hydrogens is 210 g/mol. The Morgan fingerprint density at radius 2 is 1.94 bits per heavy atom. The molecular formula is C14H19N3. The molecule has 2 aromatic rings. The monoisotopic (exact) mass is 229 g/mol. The van der Waals surface area contributed by atoms with E-state index in [0.29, 0.717) is 0 Å². The molecule has 1 aromatic carbocycles. The van der Waals surface area contributed by atoms with Crippen molar-refractivity contribution in [3.8, 4) is 0 Å². The molecule has 90 valence electrons. The summed E-state index contributed by atoms with van der Waals surface area (Å²) < 4.78 is 0. The first-order chi connectivity index (χ1) is 8.17. The first-order valence-corrected chi connectivity index (χ1v) is 6.03. The number of pyridine rings is 1. The van der Waals surface area contributed by atoms with E-state index >= 15 is 0 Å². The third-order valence-electron chi connectivity index (χ3n) is 3.14. The molecule has 1 aromatic heterocycles. The standard InChI is InChI=1S/C14H19N3/c1-4-5-11-8-12-9(2)6-7-10(3)13(12)16-14(11)17-15/h6-8H,4-5,15H2,1-3H3,(H,16,17). The average molecular weight is 229 g/mol. The van der Waals surface area contributed by atoms with Crippen LogP contribution in [0.1, 0.15) is 30.0 Å².